The van der Waals surface area contributed by atoms with Crippen molar-refractivity contribution in [3.8, 4) is 0 Å². The lowest BCUT2D eigenvalue weighted by molar-refractivity contribution is -0.122. The van der Waals surface area contributed by atoms with Gasteiger partial charge in [0, 0.05) is 28.9 Å². The minimum atomic E-state index is -0.786. The molecule has 3 atom stereocenters. The topological polar surface area (TPSA) is 58.2 Å². The van der Waals surface area contributed by atoms with E-state index < -0.39 is 10.8 Å². The van der Waals surface area contributed by atoms with E-state index in [9.17, 15) is 9.00 Å². The summed E-state index contributed by atoms with van der Waals surface area (Å²) < 4.78 is 11.2. The van der Waals surface area contributed by atoms with Gasteiger partial charge in [0.1, 0.15) is 0 Å². The summed E-state index contributed by atoms with van der Waals surface area (Å²) in [5, 5.41) is 6.25. The molecule has 0 rings (SSSR count). The lowest BCUT2D eigenvalue weighted by Gasteiger charge is -2.15. The first-order valence-corrected chi connectivity index (χ1v) is 8.30. The number of carbonyl (C=O) groups excluding carboxylic acids is 1. The van der Waals surface area contributed by atoms with Gasteiger partial charge in [-0.3, -0.25) is 9.00 Å². The molecule has 0 saturated carbocycles. The van der Waals surface area contributed by atoms with Crippen molar-refractivity contribution >= 4 is 16.7 Å². The highest BCUT2D eigenvalue weighted by atomic mass is 32.2. The normalized spacial score (nSPS) is 16.3. The quantitative estimate of drug-likeness (QED) is 0.667. The predicted octanol–water partition coefficient (Wildman–Crippen LogP) is 1.28. The fourth-order valence-electron chi connectivity index (χ4n) is 1.40. The third-order valence-electron chi connectivity index (χ3n) is 2.98. The summed E-state index contributed by atoms with van der Waals surface area (Å²) in [6.45, 7) is 9.56. The van der Waals surface area contributed by atoms with E-state index in [4.69, 9.17) is 0 Å². The average molecular weight is 276 g/mol. The van der Waals surface area contributed by atoms with E-state index in [1.54, 1.807) is 6.26 Å². The van der Waals surface area contributed by atoms with E-state index >= 15 is 0 Å². The lowest BCUT2D eigenvalue weighted by atomic mass is 10.1. The molecule has 108 valence electrons. The zero-order chi connectivity index (χ0) is 14.1. The fraction of sp³-hybridized carbons (Fsp3) is 0.923. The van der Waals surface area contributed by atoms with Gasteiger partial charge in [-0.25, -0.2) is 0 Å². The van der Waals surface area contributed by atoms with Crippen LogP contribution in [0.3, 0.4) is 0 Å². The second-order valence-corrected chi connectivity index (χ2v) is 7.05. The standard InChI is InChI=1S/C13H28N2O2S/c1-10(2)6-8-15-13(16)12(4)14-9-7-11(3)18(5)17/h10-12,14H,6-9H2,1-5H3,(H,15,16). The number of carbonyl (C=O) groups is 1. The van der Waals surface area contributed by atoms with Crippen LogP contribution in [0.1, 0.15) is 40.5 Å². The molecule has 0 bridgehead atoms. The fourth-order valence-corrected chi connectivity index (χ4v) is 1.85. The highest BCUT2D eigenvalue weighted by Gasteiger charge is 2.12. The van der Waals surface area contributed by atoms with Crippen molar-refractivity contribution in [2.45, 2.75) is 51.8 Å². The molecule has 3 unspecified atom stereocenters. The van der Waals surface area contributed by atoms with Gasteiger partial charge in [-0.2, -0.15) is 0 Å². The third-order valence-corrected chi connectivity index (χ3v) is 4.35. The summed E-state index contributed by atoms with van der Waals surface area (Å²) in [7, 11) is -0.786. The molecular formula is C13H28N2O2S. The second kappa shape index (κ2) is 9.50. The van der Waals surface area contributed by atoms with Crippen molar-refractivity contribution < 1.29 is 9.00 Å². The van der Waals surface area contributed by atoms with E-state index in [1.165, 1.54) is 0 Å². The van der Waals surface area contributed by atoms with Crippen LogP contribution in [-0.4, -0.2) is 40.8 Å². The average Bonchev–Trinajstić information content (AvgIpc) is 2.27. The molecule has 0 heterocycles. The molecule has 0 aromatic heterocycles. The van der Waals surface area contributed by atoms with E-state index in [0.29, 0.717) is 5.92 Å². The molecule has 1 amide bonds. The summed E-state index contributed by atoms with van der Waals surface area (Å²) >= 11 is 0. The third kappa shape index (κ3) is 8.64. The molecule has 18 heavy (non-hydrogen) atoms. The Bertz CT molecular complexity index is 270. The smallest absolute Gasteiger partial charge is 0.236 e. The Morgan fingerprint density at radius 3 is 2.22 bits per heavy atom. The Morgan fingerprint density at radius 1 is 1.11 bits per heavy atom. The van der Waals surface area contributed by atoms with Crippen LogP contribution < -0.4 is 10.6 Å². The zero-order valence-electron chi connectivity index (χ0n) is 12.3. The molecule has 0 aliphatic heterocycles. The minimum absolute atomic E-state index is 0.0425. The Morgan fingerprint density at radius 2 is 1.72 bits per heavy atom. The molecule has 0 radical (unpaired) electrons. The first-order chi connectivity index (χ1) is 8.34. The van der Waals surface area contributed by atoms with E-state index in [2.05, 4.69) is 24.5 Å². The SMILES string of the molecule is CC(C)CCNC(=O)C(C)NCCC(C)S(C)=O. The highest BCUT2D eigenvalue weighted by molar-refractivity contribution is 7.84. The number of rotatable bonds is 9. The van der Waals surface area contributed by atoms with Gasteiger partial charge >= 0.3 is 0 Å². The number of hydrogen-bond acceptors (Lipinski definition) is 3. The molecule has 5 heteroatoms. The summed E-state index contributed by atoms with van der Waals surface area (Å²) in [6.07, 6.45) is 3.55. The van der Waals surface area contributed by atoms with Gasteiger partial charge in [-0.1, -0.05) is 20.8 Å². The maximum absolute atomic E-state index is 11.7. The van der Waals surface area contributed by atoms with E-state index in [1.807, 2.05) is 13.8 Å². The van der Waals surface area contributed by atoms with Crippen LogP contribution in [0, 0.1) is 5.92 Å². The molecule has 0 aromatic carbocycles. The maximum Gasteiger partial charge on any atom is 0.236 e. The monoisotopic (exact) mass is 276 g/mol. The van der Waals surface area contributed by atoms with Crippen molar-refractivity contribution in [1.82, 2.24) is 10.6 Å². The van der Waals surface area contributed by atoms with Crippen LogP contribution in [0.15, 0.2) is 0 Å². The molecule has 0 saturated heterocycles. The molecule has 0 aliphatic carbocycles. The Kier molecular flexibility index (Phi) is 9.28. The molecule has 0 spiro atoms. The van der Waals surface area contributed by atoms with Crippen LogP contribution >= 0.6 is 0 Å². The first-order valence-electron chi connectivity index (χ1n) is 6.68. The number of nitrogens with one attached hydrogen (secondary N) is 2. The zero-order valence-corrected chi connectivity index (χ0v) is 13.1. The molecule has 2 N–H and O–H groups in total. The molecule has 0 fully saturated rings. The Labute approximate surface area is 114 Å². The summed E-state index contributed by atoms with van der Waals surface area (Å²) in [5.41, 5.74) is 0. The second-order valence-electron chi connectivity index (χ2n) is 5.25. The van der Waals surface area contributed by atoms with Gasteiger partial charge in [0.25, 0.3) is 0 Å². The lowest BCUT2D eigenvalue weighted by Crippen LogP contribution is -2.43. The molecule has 0 aliphatic rings. The summed E-state index contributed by atoms with van der Waals surface area (Å²) in [5.74, 6) is 0.648. The van der Waals surface area contributed by atoms with Gasteiger partial charge in [0.05, 0.1) is 6.04 Å². The first kappa shape index (κ1) is 17.6. The number of amides is 1. The van der Waals surface area contributed by atoms with Crippen molar-refractivity contribution in [2.75, 3.05) is 19.3 Å². The van der Waals surface area contributed by atoms with Crippen molar-refractivity contribution in [3.63, 3.8) is 0 Å². The molecule has 0 aromatic rings. The van der Waals surface area contributed by atoms with Crippen molar-refractivity contribution in [2.24, 2.45) is 5.92 Å². The molecule has 4 nitrogen and oxygen atoms in total. The predicted molar refractivity (Wildman–Crippen MR) is 78.1 cm³/mol. The largest absolute Gasteiger partial charge is 0.355 e. The number of hydrogen-bond donors (Lipinski definition) is 2. The van der Waals surface area contributed by atoms with E-state index in [0.717, 1.165) is 25.9 Å². The molecular weight excluding hydrogens is 248 g/mol. The van der Waals surface area contributed by atoms with Gasteiger partial charge in [-0.15, -0.1) is 0 Å². The van der Waals surface area contributed by atoms with Gasteiger partial charge in [0.15, 0.2) is 0 Å². The van der Waals surface area contributed by atoms with Crippen molar-refractivity contribution in [3.05, 3.63) is 0 Å². The summed E-state index contributed by atoms with van der Waals surface area (Å²) in [6, 6.07) is -0.186. The maximum atomic E-state index is 11.7. The van der Waals surface area contributed by atoms with Crippen LogP contribution in [0.25, 0.3) is 0 Å². The van der Waals surface area contributed by atoms with E-state index in [-0.39, 0.29) is 17.2 Å². The minimum Gasteiger partial charge on any atom is -0.355 e. The van der Waals surface area contributed by atoms with Gasteiger partial charge < -0.3 is 10.6 Å². The van der Waals surface area contributed by atoms with Crippen LogP contribution in [0.2, 0.25) is 0 Å². The van der Waals surface area contributed by atoms with Crippen LogP contribution in [0.5, 0.6) is 0 Å². The highest BCUT2D eigenvalue weighted by Crippen LogP contribution is 1.98. The van der Waals surface area contributed by atoms with Gasteiger partial charge in [-0.05, 0) is 32.2 Å². The van der Waals surface area contributed by atoms with Crippen LogP contribution in [0.4, 0.5) is 0 Å². The summed E-state index contributed by atoms with van der Waals surface area (Å²) in [4.78, 5) is 11.7. The van der Waals surface area contributed by atoms with Crippen LogP contribution in [-0.2, 0) is 15.6 Å². The van der Waals surface area contributed by atoms with Gasteiger partial charge in [0.2, 0.25) is 5.91 Å². The Balaban J connectivity index is 3.71. The van der Waals surface area contributed by atoms with Crippen molar-refractivity contribution in [1.29, 1.82) is 0 Å². The Hall–Kier alpha value is -0.420.